The van der Waals surface area contributed by atoms with Crippen LogP contribution >= 0.6 is 0 Å². The van der Waals surface area contributed by atoms with E-state index in [0.29, 0.717) is 25.4 Å². The van der Waals surface area contributed by atoms with Crippen molar-refractivity contribution >= 4 is 16.8 Å². The van der Waals surface area contributed by atoms with Crippen LogP contribution in [-0.2, 0) is 11.2 Å². The van der Waals surface area contributed by atoms with Crippen molar-refractivity contribution in [2.24, 2.45) is 5.73 Å². The molecule has 1 aromatic heterocycles. The first-order valence-corrected chi connectivity index (χ1v) is 9.89. The van der Waals surface area contributed by atoms with Crippen molar-refractivity contribution in [1.29, 1.82) is 0 Å². The van der Waals surface area contributed by atoms with Crippen LogP contribution in [0.5, 0.6) is 0 Å². The first-order valence-electron chi connectivity index (χ1n) is 9.89. The average molecular weight is 379 g/mol. The highest BCUT2D eigenvalue weighted by Gasteiger charge is 2.34. The van der Waals surface area contributed by atoms with Gasteiger partial charge in [0.05, 0.1) is 6.04 Å². The molecule has 5 heteroatoms. The second-order valence-electron chi connectivity index (χ2n) is 7.81. The van der Waals surface area contributed by atoms with E-state index in [9.17, 15) is 9.18 Å². The molecule has 4 rings (SSSR count). The quantitative estimate of drug-likeness (QED) is 0.712. The Hall–Kier alpha value is -2.66. The number of amides is 1. The number of nitrogens with two attached hydrogens (primary N) is 1. The number of aromatic nitrogens is 1. The second-order valence-corrected chi connectivity index (χ2v) is 7.81. The first-order chi connectivity index (χ1) is 13.5. The summed E-state index contributed by atoms with van der Waals surface area (Å²) in [6.07, 6.45) is 1.07. The lowest BCUT2D eigenvalue weighted by atomic mass is 9.91. The number of H-pyrrole nitrogens is 1. The number of nitrogens with one attached hydrogen (secondary N) is 1. The van der Waals surface area contributed by atoms with Gasteiger partial charge in [-0.2, -0.15) is 0 Å². The molecule has 0 saturated carbocycles. The van der Waals surface area contributed by atoms with Crippen LogP contribution < -0.4 is 5.73 Å². The van der Waals surface area contributed by atoms with Crippen LogP contribution in [0.2, 0.25) is 0 Å². The van der Waals surface area contributed by atoms with Gasteiger partial charge in [-0.05, 0) is 53.3 Å². The molecule has 0 aliphatic carbocycles. The van der Waals surface area contributed by atoms with E-state index in [0.717, 1.165) is 23.2 Å². The van der Waals surface area contributed by atoms with E-state index in [2.05, 4.69) is 37.0 Å². The van der Waals surface area contributed by atoms with Gasteiger partial charge in [0.25, 0.3) is 0 Å². The Balaban J connectivity index is 1.88. The van der Waals surface area contributed by atoms with E-state index in [4.69, 9.17) is 5.73 Å². The summed E-state index contributed by atoms with van der Waals surface area (Å²) in [5.74, 6) is 0.151. The molecule has 3 aromatic rings. The normalized spacial score (nSPS) is 16.6. The maximum atomic E-state index is 14.0. The maximum Gasteiger partial charge on any atom is 0.224 e. The zero-order valence-corrected chi connectivity index (χ0v) is 16.3. The zero-order chi connectivity index (χ0) is 19.8. The van der Waals surface area contributed by atoms with Gasteiger partial charge in [0.15, 0.2) is 0 Å². The molecule has 0 saturated heterocycles. The van der Waals surface area contributed by atoms with Crippen LogP contribution in [0.25, 0.3) is 10.9 Å². The molecule has 1 aliphatic rings. The third-order valence-electron chi connectivity index (χ3n) is 5.66. The third-order valence-corrected chi connectivity index (χ3v) is 5.66. The molecule has 1 aliphatic heterocycles. The molecular formula is C23H26FN3O. The second kappa shape index (κ2) is 7.40. The van der Waals surface area contributed by atoms with E-state index < -0.39 is 0 Å². The fraction of sp³-hybridized carbons (Fsp3) is 0.348. The van der Waals surface area contributed by atoms with Crippen LogP contribution in [0.15, 0.2) is 42.5 Å². The Bertz CT molecular complexity index is 1020. The van der Waals surface area contributed by atoms with Gasteiger partial charge in [0.2, 0.25) is 5.91 Å². The summed E-state index contributed by atoms with van der Waals surface area (Å²) in [5, 5.41) is 1.20. The number of fused-ring (bicyclic) bond motifs is 3. The molecule has 146 valence electrons. The molecule has 1 atom stereocenters. The fourth-order valence-electron chi connectivity index (χ4n) is 4.22. The lowest BCUT2D eigenvalue weighted by molar-refractivity contribution is -0.133. The minimum Gasteiger partial charge on any atom is -0.356 e. The van der Waals surface area contributed by atoms with Gasteiger partial charge in [0.1, 0.15) is 5.82 Å². The summed E-state index contributed by atoms with van der Waals surface area (Å²) in [6, 6.07) is 12.7. The molecule has 28 heavy (non-hydrogen) atoms. The Kier molecular flexibility index (Phi) is 4.94. The van der Waals surface area contributed by atoms with Crippen LogP contribution in [0, 0.1) is 5.82 Å². The average Bonchev–Trinajstić information content (AvgIpc) is 3.05. The molecule has 0 fully saturated rings. The monoisotopic (exact) mass is 379 g/mol. The summed E-state index contributed by atoms with van der Waals surface area (Å²) in [7, 11) is 0. The highest BCUT2D eigenvalue weighted by molar-refractivity contribution is 5.87. The van der Waals surface area contributed by atoms with E-state index in [1.54, 1.807) is 6.07 Å². The fourth-order valence-corrected chi connectivity index (χ4v) is 4.22. The summed E-state index contributed by atoms with van der Waals surface area (Å²) < 4.78 is 14.0. The van der Waals surface area contributed by atoms with Gasteiger partial charge >= 0.3 is 0 Å². The lowest BCUT2D eigenvalue weighted by Gasteiger charge is -2.36. The van der Waals surface area contributed by atoms with Gasteiger partial charge < -0.3 is 15.6 Å². The van der Waals surface area contributed by atoms with Crippen molar-refractivity contribution in [3.8, 4) is 0 Å². The summed E-state index contributed by atoms with van der Waals surface area (Å²) in [6.45, 7) is 5.28. The summed E-state index contributed by atoms with van der Waals surface area (Å²) in [5.41, 5.74) is 11.0. The number of carbonyl (C=O) groups excluding carboxylic acids is 1. The predicted molar refractivity (Wildman–Crippen MR) is 110 cm³/mol. The van der Waals surface area contributed by atoms with Crippen LogP contribution in [0.3, 0.4) is 0 Å². The summed E-state index contributed by atoms with van der Waals surface area (Å²) >= 11 is 0. The Morgan fingerprint density at radius 2 is 2.11 bits per heavy atom. The van der Waals surface area contributed by atoms with Gasteiger partial charge in [-0.3, -0.25) is 4.79 Å². The molecule has 0 bridgehead atoms. The molecule has 0 radical (unpaired) electrons. The Labute approximate surface area is 164 Å². The first kappa shape index (κ1) is 18.7. The molecular weight excluding hydrogens is 353 g/mol. The van der Waals surface area contributed by atoms with E-state index in [1.807, 2.05) is 11.0 Å². The topological polar surface area (TPSA) is 62.1 Å². The van der Waals surface area contributed by atoms with Crippen molar-refractivity contribution in [2.75, 3.05) is 13.1 Å². The summed E-state index contributed by atoms with van der Waals surface area (Å²) in [4.78, 5) is 18.1. The van der Waals surface area contributed by atoms with Gasteiger partial charge in [-0.1, -0.05) is 32.0 Å². The molecule has 2 aromatic carbocycles. The van der Waals surface area contributed by atoms with Crippen molar-refractivity contribution in [3.05, 3.63) is 70.7 Å². The van der Waals surface area contributed by atoms with Gasteiger partial charge in [0, 0.05) is 36.1 Å². The largest absolute Gasteiger partial charge is 0.356 e. The smallest absolute Gasteiger partial charge is 0.224 e. The minimum absolute atomic E-state index is 0.00365. The van der Waals surface area contributed by atoms with E-state index in [1.165, 1.54) is 28.6 Å². The molecule has 1 amide bonds. The number of nitrogens with zero attached hydrogens (tertiary/aromatic N) is 1. The SMILES string of the molecule is CC(C)c1ccc2[nH]c3c(c2c1)CCN(C(=O)CCN)C3c1cccc(F)c1. The number of hydrogen-bond acceptors (Lipinski definition) is 2. The zero-order valence-electron chi connectivity index (χ0n) is 16.3. The van der Waals surface area contributed by atoms with Crippen LogP contribution in [0.4, 0.5) is 4.39 Å². The standard InChI is InChI=1S/C23H26FN3O/c1-14(2)15-6-7-20-19(13-15)18-9-11-27(21(28)8-10-25)23(22(18)26-20)16-4-3-5-17(24)12-16/h3-7,12-14,23,26H,8-11,25H2,1-2H3. The number of rotatable bonds is 4. The third kappa shape index (κ3) is 3.20. The van der Waals surface area contributed by atoms with Crippen LogP contribution in [0.1, 0.15) is 54.6 Å². The van der Waals surface area contributed by atoms with Crippen LogP contribution in [-0.4, -0.2) is 28.9 Å². The number of benzene rings is 2. The highest BCUT2D eigenvalue weighted by atomic mass is 19.1. The molecule has 4 nitrogen and oxygen atoms in total. The maximum absolute atomic E-state index is 14.0. The molecule has 2 heterocycles. The lowest BCUT2D eigenvalue weighted by Crippen LogP contribution is -2.41. The van der Waals surface area contributed by atoms with E-state index in [-0.39, 0.29) is 17.8 Å². The predicted octanol–water partition coefficient (Wildman–Crippen LogP) is 4.25. The van der Waals surface area contributed by atoms with Crippen molar-refractivity contribution in [2.45, 2.75) is 38.6 Å². The van der Waals surface area contributed by atoms with E-state index >= 15 is 0 Å². The number of aromatic amines is 1. The number of hydrogen-bond donors (Lipinski definition) is 2. The molecule has 3 N–H and O–H groups in total. The Morgan fingerprint density at radius 1 is 1.29 bits per heavy atom. The minimum atomic E-state index is -0.326. The Morgan fingerprint density at radius 3 is 2.82 bits per heavy atom. The highest BCUT2D eigenvalue weighted by Crippen LogP contribution is 2.39. The molecule has 1 unspecified atom stereocenters. The van der Waals surface area contributed by atoms with Crippen molar-refractivity contribution < 1.29 is 9.18 Å². The van der Waals surface area contributed by atoms with Crippen molar-refractivity contribution in [1.82, 2.24) is 9.88 Å². The van der Waals surface area contributed by atoms with Crippen molar-refractivity contribution in [3.63, 3.8) is 0 Å². The number of carbonyl (C=O) groups is 1. The van der Waals surface area contributed by atoms with Gasteiger partial charge in [-0.15, -0.1) is 0 Å². The number of halogens is 1. The van der Waals surface area contributed by atoms with Gasteiger partial charge in [-0.25, -0.2) is 4.39 Å². The molecule has 0 spiro atoms.